The average molecular weight is 185 g/mol. The fraction of sp³-hybridized carbons (Fsp3) is 0.0833. The molecule has 1 radical (unpaired) electrons. The fourth-order valence-corrected chi connectivity index (χ4v) is 1.30. The van der Waals surface area contributed by atoms with Crippen LogP contribution in [0.3, 0.4) is 0 Å². The molecule has 2 nitrogen and oxygen atoms in total. The fourth-order valence-electron chi connectivity index (χ4n) is 1.30. The normalized spacial score (nSPS) is 9.86. The zero-order chi connectivity index (χ0) is 9.80. The second kappa shape index (κ2) is 3.89. The van der Waals surface area contributed by atoms with Gasteiger partial charge in [0.15, 0.2) is 0 Å². The Morgan fingerprint density at radius 1 is 1.07 bits per heavy atom. The molecule has 0 aliphatic heterocycles. The molecule has 2 aromatic heterocycles. The highest BCUT2D eigenvalue weighted by Gasteiger charge is 2.16. The van der Waals surface area contributed by atoms with Crippen LogP contribution in [0.5, 0.6) is 0 Å². The average Bonchev–Trinajstić information content (AvgIpc) is 2.87. The molecule has 0 saturated heterocycles. The van der Waals surface area contributed by atoms with Crippen LogP contribution in [0.25, 0.3) is 0 Å². The summed E-state index contributed by atoms with van der Waals surface area (Å²) < 4.78 is 10.6. The molecule has 0 aliphatic rings. The van der Waals surface area contributed by atoms with Crippen molar-refractivity contribution in [1.29, 1.82) is 0 Å². The van der Waals surface area contributed by atoms with Crippen molar-refractivity contribution >= 4 is 0 Å². The van der Waals surface area contributed by atoms with Crippen LogP contribution in [-0.4, -0.2) is 0 Å². The molecule has 14 heavy (non-hydrogen) atoms. The lowest BCUT2D eigenvalue weighted by Gasteiger charge is -2.02. The molecule has 69 valence electrons. The lowest BCUT2D eigenvalue weighted by molar-refractivity contribution is 0.458. The van der Waals surface area contributed by atoms with Crippen molar-refractivity contribution in [3.63, 3.8) is 0 Å². The Labute approximate surface area is 82.5 Å². The molecule has 2 heteroatoms. The predicted molar refractivity (Wildman–Crippen MR) is 52.4 cm³/mol. The van der Waals surface area contributed by atoms with Gasteiger partial charge in [-0.1, -0.05) is 5.92 Å². The van der Waals surface area contributed by atoms with Gasteiger partial charge in [-0.3, -0.25) is 0 Å². The Morgan fingerprint density at radius 3 is 2.00 bits per heavy atom. The second-order valence-electron chi connectivity index (χ2n) is 2.78. The number of furan rings is 2. The van der Waals surface area contributed by atoms with Gasteiger partial charge in [-0.2, -0.15) is 0 Å². The van der Waals surface area contributed by atoms with Crippen molar-refractivity contribution in [3.8, 4) is 11.8 Å². The molecule has 0 atom stereocenters. The van der Waals surface area contributed by atoms with Gasteiger partial charge in [0.05, 0.1) is 12.5 Å². The van der Waals surface area contributed by atoms with E-state index in [1.54, 1.807) is 12.5 Å². The van der Waals surface area contributed by atoms with Gasteiger partial charge in [0.1, 0.15) is 17.4 Å². The highest BCUT2D eigenvalue weighted by Crippen LogP contribution is 2.24. The standard InChI is InChI=1S/C12H9O2/c1-2-5-10(11-6-3-8-13-11)12-7-4-9-14-12/h3-4,6-10H,1H2. The van der Waals surface area contributed by atoms with Crippen LogP contribution in [0.1, 0.15) is 17.4 Å². The van der Waals surface area contributed by atoms with E-state index in [0.717, 1.165) is 11.5 Å². The van der Waals surface area contributed by atoms with Crippen molar-refractivity contribution in [2.45, 2.75) is 5.92 Å². The molecule has 2 aromatic rings. The molecule has 2 heterocycles. The molecule has 0 aromatic carbocycles. The summed E-state index contributed by atoms with van der Waals surface area (Å²) in [6, 6.07) is 7.40. The minimum Gasteiger partial charge on any atom is -0.468 e. The highest BCUT2D eigenvalue weighted by atomic mass is 16.3. The molecule has 0 spiro atoms. The number of hydrogen-bond donors (Lipinski definition) is 0. The summed E-state index contributed by atoms with van der Waals surface area (Å²) in [5, 5.41) is 0. The minimum absolute atomic E-state index is 0.155. The molecule has 0 saturated carbocycles. The van der Waals surface area contributed by atoms with Crippen LogP contribution in [0.2, 0.25) is 0 Å². The predicted octanol–water partition coefficient (Wildman–Crippen LogP) is 2.84. The third-order valence-electron chi connectivity index (χ3n) is 1.90. The summed E-state index contributed by atoms with van der Waals surface area (Å²) in [5.41, 5.74) is 0. The molecule has 0 fully saturated rings. The van der Waals surface area contributed by atoms with E-state index in [1.165, 1.54) is 0 Å². The van der Waals surface area contributed by atoms with Crippen molar-refractivity contribution in [2.75, 3.05) is 0 Å². The lowest BCUT2D eigenvalue weighted by Crippen LogP contribution is -1.94. The van der Waals surface area contributed by atoms with Crippen LogP contribution < -0.4 is 0 Å². The molecule has 0 unspecified atom stereocenters. The SMILES string of the molecule is [CH2]C#CC(c1ccco1)c1ccco1. The Bertz CT molecular complexity index is 392. The van der Waals surface area contributed by atoms with Gasteiger partial charge in [-0.15, -0.1) is 5.92 Å². The van der Waals surface area contributed by atoms with E-state index in [2.05, 4.69) is 18.8 Å². The second-order valence-corrected chi connectivity index (χ2v) is 2.78. The van der Waals surface area contributed by atoms with Crippen molar-refractivity contribution in [2.24, 2.45) is 0 Å². The Hall–Kier alpha value is -1.88. The summed E-state index contributed by atoms with van der Waals surface area (Å²) >= 11 is 0. The molecule has 2 rings (SSSR count). The molecular formula is C12H9O2. The lowest BCUT2D eigenvalue weighted by atomic mass is 10.0. The summed E-state index contributed by atoms with van der Waals surface area (Å²) in [6.07, 6.45) is 3.24. The largest absolute Gasteiger partial charge is 0.468 e. The molecular weight excluding hydrogens is 176 g/mol. The van der Waals surface area contributed by atoms with Gasteiger partial charge < -0.3 is 8.83 Å². The Kier molecular flexibility index (Phi) is 2.42. The van der Waals surface area contributed by atoms with Gasteiger partial charge in [0.25, 0.3) is 0 Å². The molecule has 0 aliphatic carbocycles. The van der Waals surface area contributed by atoms with E-state index in [9.17, 15) is 0 Å². The van der Waals surface area contributed by atoms with Gasteiger partial charge >= 0.3 is 0 Å². The quantitative estimate of drug-likeness (QED) is 0.672. The highest BCUT2D eigenvalue weighted by molar-refractivity contribution is 5.30. The third-order valence-corrected chi connectivity index (χ3v) is 1.90. The van der Waals surface area contributed by atoms with Crippen LogP contribution in [0, 0.1) is 18.8 Å². The maximum absolute atomic E-state index is 5.28. The first kappa shape index (κ1) is 8.71. The van der Waals surface area contributed by atoms with Gasteiger partial charge in [-0.25, -0.2) is 0 Å². The summed E-state index contributed by atoms with van der Waals surface area (Å²) in [5.74, 6) is 6.96. The van der Waals surface area contributed by atoms with Crippen molar-refractivity contribution in [1.82, 2.24) is 0 Å². The van der Waals surface area contributed by atoms with Crippen LogP contribution in [0.4, 0.5) is 0 Å². The topological polar surface area (TPSA) is 26.3 Å². The summed E-state index contributed by atoms with van der Waals surface area (Å²) in [4.78, 5) is 0. The van der Waals surface area contributed by atoms with Crippen molar-refractivity contribution < 1.29 is 8.83 Å². The van der Waals surface area contributed by atoms with E-state index in [-0.39, 0.29) is 5.92 Å². The minimum atomic E-state index is -0.155. The van der Waals surface area contributed by atoms with Crippen LogP contribution in [0.15, 0.2) is 45.6 Å². The zero-order valence-electron chi connectivity index (χ0n) is 7.57. The van der Waals surface area contributed by atoms with Crippen LogP contribution >= 0.6 is 0 Å². The monoisotopic (exact) mass is 185 g/mol. The maximum Gasteiger partial charge on any atom is 0.136 e. The van der Waals surface area contributed by atoms with E-state index in [4.69, 9.17) is 8.83 Å². The van der Waals surface area contributed by atoms with E-state index in [1.807, 2.05) is 24.3 Å². The number of hydrogen-bond acceptors (Lipinski definition) is 2. The van der Waals surface area contributed by atoms with Crippen molar-refractivity contribution in [3.05, 3.63) is 55.2 Å². The number of rotatable bonds is 2. The Balaban J connectivity index is 2.38. The molecule has 0 amide bonds. The van der Waals surface area contributed by atoms with Gasteiger partial charge in [0.2, 0.25) is 0 Å². The molecule has 0 N–H and O–H groups in total. The van der Waals surface area contributed by atoms with Gasteiger partial charge in [-0.05, 0) is 24.3 Å². The summed E-state index contributed by atoms with van der Waals surface area (Å²) in [6.45, 7) is 3.50. The first-order valence-corrected chi connectivity index (χ1v) is 4.26. The van der Waals surface area contributed by atoms with E-state index in [0.29, 0.717) is 0 Å². The third kappa shape index (κ3) is 1.57. The van der Waals surface area contributed by atoms with Crippen LogP contribution in [-0.2, 0) is 0 Å². The van der Waals surface area contributed by atoms with E-state index < -0.39 is 0 Å². The summed E-state index contributed by atoms with van der Waals surface area (Å²) in [7, 11) is 0. The molecule has 0 bridgehead atoms. The van der Waals surface area contributed by atoms with Gasteiger partial charge in [0, 0.05) is 6.92 Å². The first-order chi connectivity index (χ1) is 6.92. The maximum atomic E-state index is 5.28. The zero-order valence-corrected chi connectivity index (χ0v) is 7.57. The Morgan fingerprint density at radius 2 is 1.64 bits per heavy atom. The van der Waals surface area contributed by atoms with E-state index >= 15 is 0 Å². The first-order valence-electron chi connectivity index (χ1n) is 4.26. The smallest absolute Gasteiger partial charge is 0.136 e.